The van der Waals surface area contributed by atoms with E-state index >= 15 is 0 Å². The van der Waals surface area contributed by atoms with Crippen molar-refractivity contribution in [2.24, 2.45) is 5.73 Å². The third kappa shape index (κ3) is 2.96. The summed E-state index contributed by atoms with van der Waals surface area (Å²) in [6.45, 7) is 4.16. The van der Waals surface area contributed by atoms with E-state index in [2.05, 4.69) is 31.3 Å². The first-order valence-electron chi connectivity index (χ1n) is 7.19. The number of carbonyl (C=O) groups excluding carboxylic acids is 1. The predicted octanol–water partition coefficient (Wildman–Crippen LogP) is 2.07. The molecule has 110 valence electrons. The first kappa shape index (κ1) is 14.9. The Kier molecular flexibility index (Phi) is 4.33. The fourth-order valence-corrected chi connectivity index (χ4v) is 2.88. The summed E-state index contributed by atoms with van der Waals surface area (Å²) in [5.74, 6) is 0.586. The molecule has 0 spiro atoms. The number of aryl methyl sites for hydroxylation is 2. The first-order chi connectivity index (χ1) is 9.47. The maximum atomic E-state index is 11.7. The van der Waals surface area contributed by atoms with Gasteiger partial charge in [0.15, 0.2) is 0 Å². The van der Waals surface area contributed by atoms with Crippen LogP contribution in [-0.2, 0) is 4.79 Å². The van der Waals surface area contributed by atoms with Gasteiger partial charge in [-0.05, 0) is 63.4 Å². The van der Waals surface area contributed by atoms with Crippen LogP contribution < -0.4 is 15.8 Å². The normalized spacial score (nSPS) is 26.2. The molecule has 20 heavy (non-hydrogen) atoms. The Bertz CT molecular complexity index is 501. The summed E-state index contributed by atoms with van der Waals surface area (Å²) in [6, 6.07) is 6.10. The third-order valence-electron chi connectivity index (χ3n) is 4.44. The molecule has 0 aromatic heterocycles. The molecule has 1 aromatic carbocycles. The van der Waals surface area contributed by atoms with Crippen molar-refractivity contribution in [3.8, 4) is 5.75 Å². The summed E-state index contributed by atoms with van der Waals surface area (Å²) >= 11 is 0. The zero-order chi connectivity index (χ0) is 14.8. The van der Waals surface area contributed by atoms with Crippen molar-refractivity contribution in [3.63, 3.8) is 0 Å². The van der Waals surface area contributed by atoms with Crippen molar-refractivity contribution < 1.29 is 9.53 Å². The first-order valence-corrected chi connectivity index (χ1v) is 7.19. The van der Waals surface area contributed by atoms with E-state index in [1.807, 2.05) is 6.07 Å². The lowest BCUT2D eigenvalue weighted by molar-refractivity contribution is -0.126. The lowest BCUT2D eigenvalue weighted by Crippen LogP contribution is -2.58. The monoisotopic (exact) mass is 276 g/mol. The molecular formula is C16H24N2O2. The highest BCUT2D eigenvalue weighted by Crippen LogP contribution is 2.31. The Morgan fingerprint density at radius 1 is 1.40 bits per heavy atom. The van der Waals surface area contributed by atoms with Gasteiger partial charge in [-0.15, -0.1) is 0 Å². The number of amides is 1. The lowest BCUT2D eigenvalue weighted by atomic mass is 9.79. The molecule has 4 heteroatoms. The van der Waals surface area contributed by atoms with E-state index in [1.165, 1.54) is 11.1 Å². The maximum Gasteiger partial charge on any atom is 0.237 e. The second kappa shape index (κ2) is 5.83. The fraction of sp³-hybridized carbons (Fsp3) is 0.562. The van der Waals surface area contributed by atoms with E-state index in [0.717, 1.165) is 25.0 Å². The van der Waals surface area contributed by atoms with E-state index in [9.17, 15) is 4.79 Å². The standard InChI is InChI=1S/C16H24N2O2/c1-11-6-7-13(9-12(11)2)20-14-5-4-8-16(10-14,18-3)15(17)19/h6-7,9,14,18H,4-5,8,10H2,1-3H3,(H2,17,19). The number of likely N-dealkylation sites (N-methyl/N-ethyl adjacent to an activating group) is 1. The predicted molar refractivity (Wildman–Crippen MR) is 79.8 cm³/mol. The second-order valence-electron chi connectivity index (χ2n) is 5.78. The third-order valence-corrected chi connectivity index (χ3v) is 4.44. The number of hydrogen-bond donors (Lipinski definition) is 2. The molecule has 2 atom stereocenters. The Balaban J connectivity index is 2.09. The number of hydrogen-bond acceptors (Lipinski definition) is 3. The van der Waals surface area contributed by atoms with Crippen LogP contribution in [0.4, 0.5) is 0 Å². The van der Waals surface area contributed by atoms with Crippen LogP contribution in [0.3, 0.4) is 0 Å². The van der Waals surface area contributed by atoms with Crippen LogP contribution in [0.5, 0.6) is 5.75 Å². The molecular weight excluding hydrogens is 252 g/mol. The van der Waals surface area contributed by atoms with Crippen LogP contribution in [0.25, 0.3) is 0 Å². The Hall–Kier alpha value is -1.55. The maximum absolute atomic E-state index is 11.7. The zero-order valence-electron chi connectivity index (χ0n) is 12.5. The van der Waals surface area contributed by atoms with E-state index in [0.29, 0.717) is 6.42 Å². The van der Waals surface area contributed by atoms with Gasteiger partial charge in [0.2, 0.25) is 5.91 Å². The van der Waals surface area contributed by atoms with Gasteiger partial charge in [-0.1, -0.05) is 6.07 Å². The van der Waals surface area contributed by atoms with Gasteiger partial charge in [-0.3, -0.25) is 4.79 Å². The molecule has 0 heterocycles. The number of nitrogens with two attached hydrogens (primary N) is 1. The minimum absolute atomic E-state index is 0.0332. The molecule has 1 amide bonds. The van der Waals surface area contributed by atoms with E-state index in [1.54, 1.807) is 7.05 Å². The Labute approximate surface area is 120 Å². The minimum Gasteiger partial charge on any atom is -0.490 e. The molecule has 3 N–H and O–H groups in total. The van der Waals surface area contributed by atoms with Gasteiger partial charge in [0.05, 0.1) is 0 Å². The number of benzene rings is 1. The zero-order valence-corrected chi connectivity index (χ0v) is 12.5. The average Bonchev–Trinajstić information content (AvgIpc) is 2.43. The quantitative estimate of drug-likeness (QED) is 0.885. The van der Waals surface area contributed by atoms with Crippen LogP contribution >= 0.6 is 0 Å². The number of nitrogens with one attached hydrogen (secondary N) is 1. The molecule has 4 nitrogen and oxygen atoms in total. The van der Waals surface area contributed by atoms with Gasteiger partial charge in [0.1, 0.15) is 17.4 Å². The molecule has 0 radical (unpaired) electrons. The van der Waals surface area contributed by atoms with Gasteiger partial charge in [-0.2, -0.15) is 0 Å². The lowest BCUT2D eigenvalue weighted by Gasteiger charge is -2.38. The molecule has 1 fully saturated rings. The second-order valence-corrected chi connectivity index (χ2v) is 5.78. The van der Waals surface area contributed by atoms with Gasteiger partial charge in [0, 0.05) is 6.42 Å². The van der Waals surface area contributed by atoms with Gasteiger partial charge in [-0.25, -0.2) is 0 Å². The number of rotatable bonds is 4. The molecule has 0 bridgehead atoms. The van der Waals surface area contributed by atoms with Crippen molar-refractivity contribution in [3.05, 3.63) is 29.3 Å². The highest BCUT2D eigenvalue weighted by Gasteiger charge is 2.40. The van der Waals surface area contributed by atoms with E-state index < -0.39 is 5.54 Å². The molecule has 1 aliphatic rings. The number of primary amides is 1. The van der Waals surface area contributed by atoms with E-state index in [4.69, 9.17) is 10.5 Å². The summed E-state index contributed by atoms with van der Waals surface area (Å²) in [4.78, 5) is 11.7. The van der Waals surface area contributed by atoms with Crippen LogP contribution in [0, 0.1) is 13.8 Å². The molecule has 0 aliphatic heterocycles. The molecule has 2 rings (SSSR count). The van der Waals surface area contributed by atoms with Crippen molar-refractivity contribution in [1.82, 2.24) is 5.32 Å². The summed E-state index contributed by atoms with van der Waals surface area (Å²) in [6.07, 6.45) is 3.35. The molecule has 1 aromatic rings. The molecule has 0 saturated heterocycles. The average molecular weight is 276 g/mol. The Morgan fingerprint density at radius 3 is 2.75 bits per heavy atom. The van der Waals surface area contributed by atoms with Gasteiger partial charge < -0.3 is 15.8 Å². The van der Waals surface area contributed by atoms with Gasteiger partial charge in [0.25, 0.3) is 0 Å². The SMILES string of the molecule is CNC1(C(N)=O)CCCC(Oc2ccc(C)c(C)c2)C1. The summed E-state index contributed by atoms with van der Waals surface area (Å²) in [5, 5.41) is 3.10. The van der Waals surface area contributed by atoms with Crippen LogP contribution in [-0.4, -0.2) is 24.6 Å². The topological polar surface area (TPSA) is 64.3 Å². The number of carbonyl (C=O) groups is 1. The van der Waals surface area contributed by atoms with Crippen molar-refractivity contribution >= 4 is 5.91 Å². The summed E-state index contributed by atoms with van der Waals surface area (Å²) in [5.41, 5.74) is 7.40. The van der Waals surface area contributed by atoms with Crippen molar-refractivity contribution in [2.45, 2.75) is 51.2 Å². The fourth-order valence-electron chi connectivity index (χ4n) is 2.88. The summed E-state index contributed by atoms with van der Waals surface area (Å²) < 4.78 is 6.05. The largest absolute Gasteiger partial charge is 0.490 e. The smallest absolute Gasteiger partial charge is 0.237 e. The molecule has 2 unspecified atom stereocenters. The van der Waals surface area contributed by atoms with E-state index in [-0.39, 0.29) is 12.0 Å². The summed E-state index contributed by atoms with van der Waals surface area (Å²) in [7, 11) is 1.79. The van der Waals surface area contributed by atoms with Gasteiger partial charge >= 0.3 is 0 Å². The highest BCUT2D eigenvalue weighted by atomic mass is 16.5. The Morgan fingerprint density at radius 2 is 2.15 bits per heavy atom. The minimum atomic E-state index is -0.622. The molecule has 1 aliphatic carbocycles. The van der Waals surface area contributed by atoms with Crippen molar-refractivity contribution in [1.29, 1.82) is 0 Å². The van der Waals surface area contributed by atoms with Crippen molar-refractivity contribution in [2.75, 3.05) is 7.05 Å². The highest BCUT2D eigenvalue weighted by molar-refractivity contribution is 5.84. The number of ether oxygens (including phenoxy) is 1. The van der Waals surface area contributed by atoms with Crippen LogP contribution in [0.2, 0.25) is 0 Å². The van der Waals surface area contributed by atoms with Crippen LogP contribution in [0.15, 0.2) is 18.2 Å². The molecule has 1 saturated carbocycles. The van der Waals surface area contributed by atoms with Crippen LogP contribution in [0.1, 0.15) is 36.8 Å².